The summed E-state index contributed by atoms with van der Waals surface area (Å²) in [5.74, 6) is 0.459. The van der Waals surface area contributed by atoms with E-state index in [1.165, 1.54) is 23.9 Å². The molecule has 0 saturated carbocycles. The van der Waals surface area contributed by atoms with Gasteiger partial charge in [-0.15, -0.1) is 0 Å². The lowest BCUT2D eigenvalue weighted by atomic mass is 10.2. The number of carbonyl (C=O) groups is 1. The summed E-state index contributed by atoms with van der Waals surface area (Å²) in [7, 11) is 3.22. The fraction of sp³-hybridized carbons (Fsp3) is 0.182. The minimum atomic E-state index is -0.421. The van der Waals surface area contributed by atoms with Crippen LogP contribution in [-0.2, 0) is 7.05 Å². The van der Waals surface area contributed by atoms with Crippen LogP contribution in [-0.4, -0.2) is 27.8 Å². The predicted octanol–water partition coefficient (Wildman–Crippen LogP) is 2.38. The highest BCUT2D eigenvalue weighted by Crippen LogP contribution is 2.19. The highest BCUT2D eigenvalue weighted by atomic mass is 35.5. The van der Waals surface area contributed by atoms with Gasteiger partial charge in [0.2, 0.25) is 5.88 Å². The summed E-state index contributed by atoms with van der Waals surface area (Å²) in [6, 6.07) is 4.57. The third-order valence-corrected chi connectivity index (χ3v) is 2.85. The largest absolute Gasteiger partial charge is 0.481 e. The Morgan fingerprint density at radius 1 is 1.42 bits per heavy atom. The number of pyridine rings is 1. The predicted molar refractivity (Wildman–Crippen MR) is 72.0 cm³/mol. The molecule has 1 amide bonds. The quantitative estimate of drug-likeness (QED) is 0.884. The molecule has 0 fully saturated rings. The van der Waals surface area contributed by atoms with Gasteiger partial charge < -0.3 is 10.1 Å². The molecular formula is C11H10Cl2N4O2. The number of aromatic nitrogens is 3. The Bertz CT molecular complexity index is 627. The molecule has 2 rings (SSSR count). The van der Waals surface area contributed by atoms with Gasteiger partial charge in [0.25, 0.3) is 5.91 Å². The second-order valence-corrected chi connectivity index (χ2v) is 4.37. The first-order chi connectivity index (χ1) is 9.01. The molecule has 2 heterocycles. The fourth-order valence-electron chi connectivity index (χ4n) is 1.47. The number of amides is 1. The Kier molecular flexibility index (Phi) is 3.92. The van der Waals surface area contributed by atoms with Crippen molar-refractivity contribution in [2.24, 2.45) is 7.05 Å². The minimum absolute atomic E-state index is 0.0351. The van der Waals surface area contributed by atoms with Gasteiger partial charge in [-0.1, -0.05) is 23.2 Å². The monoisotopic (exact) mass is 300 g/mol. The lowest BCUT2D eigenvalue weighted by Crippen LogP contribution is -2.13. The summed E-state index contributed by atoms with van der Waals surface area (Å²) in [5, 5.41) is 6.92. The smallest absolute Gasteiger partial charge is 0.259 e. The van der Waals surface area contributed by atoms with Gasteiger partial charge in [-0.05, 0) is 12.1 Å². The highest BCUT2D eigenvalue weighted by Gasteiger charge is 2.14. The Labute approximate surface area is 119 Å². The molecule has 100 valence electrons. The van der Waals surface area contributed by atoms with E-state index in [0.717, 1.165) is 0 Å². The number of ether oxygens (including phenoxy) is 1. The Balaban J connectivity index is 2.20. The lowest BCUT2D eigenvalue weighted by molar-refractivity contribution is 0.102. The minimum Gasteiger partial charge on any atom is -0.481 e. The van der Waals surface area contributed by atoms with Crippen molar-refractivity contribution in [3.63, 3.8) is 0 Å². The lowest BCUT2D eigenvalue weighted by Gasteiger charge is -2.03. The molecule has 1 N–H and O–H groups in total. The van der Waals surface area contributed by atoms with E-state index in [9.17, 15) is 4.79 Å². The third-order valence-electron chi connectivity index (χ3n) is 2.35. The number of rotatable bonds is 3. The van der Waals surface area contributed by atoms with Crippen LogP contribution in [0.5, 0.6) is 5.88 Å². The third kappa shape index (κ3) is 2.97. The first kappa shape index (κ1) is 13.6. The summed E-state index contributed by atoms with van der Waals surface area (Å²) in [6.45, 7) is 0. The average molecular weight is 301 g/mol. The number of hydrogen-bond donors (Lipinski definition) is 1. The molecule has 0 atom stereocenters. The van der Waals surface area contributed by atoms with Gasteiger partial charge >= 0.3 is 0 Å². The molecule has 0 bridgehead atoms. The summed E-state index contributed by atoms with van der Waals surface area (Å²) < 4.78 is 6.54. The number of hydrogen-bond acceptors (Lipinski definition) is 4. The second-order valence-electron chi connectivity index (χ2n) is 3.62. The molecule has 0 saturated heterocycles. The van der Waals surface area contributed by atoms with Crippen LogP contribution < -0.4 is 10.1 Å². The molecule has 19 heavy (non-hydrogen) atoms. The number of anilines is 1. The van der Waals surface area contributed by atoms with Gasteiger partial charge in [0, 0.05) is 13.1 Å². The van der Waals surface area contributed by atoms with Gasteiger partial charge in [0.15, 0.2) is 5.82 Å². The van der Waals surface area contributed by atoms with Crippen molar-refractivity contribution in [3.05, 3.63) is 34.1 Å². The first-order valence-electron chi connectivity index (χ1n) is 5.22. The zero-order valence-corrected chi connectivity index (χ0v) is 11.7. The maximum atomic E-state index is 12.0. The molecule has 2 aromatic rings. The maximum absolute atomic E-state index is 12.0. The number of nitrogens with one attached hydrogen (secondary N) is 1. The van der Waals surface area contributed by atoms with Gasteiger partial charge in [-0.25, -0.2) is 9.67 Å². The highest BCUT2D eigenvalue weighted by molar-refractivity contribution is 6.35. The van der Waals surface area contributed by atoms with Gasteiger partial charge in [-0.3, -0.25) is 4.79 Å². The van der Waals surface area contributed by atoms with Crippen LogP contribution in [0.15, 0.2) is 18.2 Å². The van der Waals surface area contributed by atoms with Crippen LogP contribution in [0.25, 0.3) is 0 Å². The fourth-order valence-corrected chi connectivity index (χ4v) is 1.90. The number of nitrogens with zero attached hydrogens (tertiary/aromatic N) is 3. The number of halogens is 2. The van der Waals surface area contributed by atoms with Crippen molar-refractivity contribution in [1.29, 1.82) is 0 Å². The topological polar surface area (TPSA) is 69.0 Å². The molecule has 0 aliphatic heterocycles. The van der Waals surface area contributed by atoms with Crippen molar-refractivity contribution in [2.45, 2.75) is 0 Å². The van der Waals surface area contributed by atoms with Crippen LogP contribution in [0.1, 0.15) is 10.4 Å². The number of aryl methyl sites for hydroxylation is 1. The van der Waals surface area contributed by atoms with Crippen molar-refractivity contribution in [2.75, 3.05) is 12.4 Å². The van der Waals surface area contributed by atoms with E-state index >= 15 is 0 Å². The standard InChI is InChI=1S/C11H10Cl2N4O2/c1-17-9(19-2)5-8(16-17)15-11(18)6-3-4-7(12)14-10(6)13/h3-5H,1-2H3,(H,15,16,18). The van der Waals surface area contributed by atoms with E-state index in [-0.39, 0.29) is 15.9 Å². The SMILES string of the molecule is COc1cc(NC(=O)c2ccc(Cl)nc2Cl)nn1C. The van der Waals surface area contributed by atoms with Crippen LogP contribution in [0.4, 0.5) is 5.82 Å². The van der Waals surface area contributed by atoms with E-state index < -0.39 is 5.91 Å². The zero-order valence-electron chi connectivity index (χ0n) is 10.1. The normalized spacial score (nSPS) is 10.3. The molecule has 8 heteroatoms. The number of methoxy groups -OCH3 is 1. The van der Waals surface area contributed by atoms with Crippen molar-refractivity contribution in [3.8, 4) is 5.88 Å². The maximum Gasteiger partial charge on any atom is 0.259 e. The van der Waals surface area contributed by atoms with Crippen molar-refractivity contribution >= 4 is 34.9 Å². The average Bonchev–Trinajstić information content (AvgIpc) is 2.69. The summed E-state index contributed by atoms with van der Waals surface area (Å²) in [5.41, 5.74) is 0.218. The van der Waals surface area contributed by atoms with E-state index in [1.54, 1.807) is 13.1 Å². The Hall–Kier alpha value is -1.79. The van der Waals surface area contributed by atoms with E-state index in [4.69, 9.17) is 27.9 Å². The Morgan fingerprint density at radius 3 is 2.74 bits per heavy atom. The molecular weight excluding hydrogens is 291 g/mol. The summed E-state index contributed by atoms with van der Waals surface area (Å²) in [6.07, 6.45) is 0. The van der Waals surface area contributed by atoms with Crippen LogP contribution in [0.3, 0.4) is 0 Å². The molecule has 0 unspecified atom stereocenters. The first-order valence-corrected chi connectivity index (χ1v) is 5.98. The molecule has 0 aromatic carbocycles. The van der Waals surface area contributed by atoms with Crippen LogP contribution in [0, 0.1) is 0 Å². The van der Waals surface area contributed by atoms with E-state index in [0.29, 0.717) is 11.7 Å². The van der Waals surface area contributed by atoms with Gasteiger partial charge in [0.05, 0.1) is 12.7 Å². The van der Waals surface area contributed by atoms with Gasteiger partial charge in [-0.2, -0.15) is 5.10 Å². The zero-order chi connectivity index (χ0) is 14.0. The van der Waals surface area contributed by atoms with E-state index in [1.807, 2.05) is 0 Å². The Morgan fingerprint density at radius 2 is 2.16 bits per heavy atom. The van der Waals surface area contributed by atoms with Crippen LogP contribution >= 0.6 is 23.2 Å². The molecule has 0 aliphatic carbocycles. The van der Waals surface area contributed by atoms with Crippen molar-refractivity contribution < 1.29 is 9.53 Å². The second kappa shape index (κ2) is 5.46. The molecule has 0 radical (unpaired) electrons. The molecule has 0 spiro atoms. The van der Waals surface area contributed by atoms with Gasteiger partial charge in [0.1, 0.15) is 10.3 Å². The molecule has 6 nitrogen and oxygen atoms in total. The summed E-state index contributed by atoms with van der Waals surface area (Å²) in [4.78, 5) is 15.8. The van der Waals surface area contributed by atoms with Crippen molar-refractivity contribution in [1.82, 2.24) is 14.8 Å². The summed E-state index contributed by atoms with van der Waals surface area (Å²) >= 11 is 11.5. The molecule has 0 aliphatic rings. The van der Waals surface area contributed by atoms with Crippen LogP contribution in [0.2, 0.25) is 10.3 Å². The van der Waals surface area contributed by atoms with E-state index in [2.05, 4.69) is 15.4 Å². The number of carbonyl (C=O) groups excluding carboxylic acids is 1. The molecule has 2 aromatic heterocycles.